The van der Waals surface area contributed by atoms with E-state index in [1.54, 1.807) is 0 Å². The van der Waals surface area contributed by atoms with E-state index >= 15 is 0 Å². The minimum Gasteiger partial charge on any atom is -0.389 e. The molecule has 4 heteroatoms. The Morgan fingerprint density at radius 2 is 2.15 bits per heavy atom. The van der Waals surface area contributed by atoms with Gasteiger partial charge in [-0.25, -0.2) is 0 Å². The van der Waals surface area contributed by atoms with E-state index in [4.69, 9.17) is 23.2 Å². The molecule has 2 rings (SSSR count). The number of hydrogen-bond donors (Lipinski definition) is 2. The van der Waals surface area contributed by atoms with Gasteiger partial charge >= 0.3 is 0 Å². The summed E-state index contributed by atoms with van der Waals surface area (Å²) in [5.74, 6) is 0.607. The van der Waals surface area contributed by atoms with Gasteiger partial charge in [-0.1, -0.05) is 49.0 Å². The van der Waals surface area contributed by atoms with Crippen LogP contribution in [0.4, 0.5) is 0 Å². The number of rotatable bonds is 4. The van der Waals surface area contributed by atoms with Gasteiger partial charge in [0.1, 0.15) is 0 Å². The van der Waals surface area contributed by atoms with Crippen molar-refractivity contribution < 1.29 is 5.11 Å². The molecule has 1 aromatic rings. The lowest BCUT2D eigenvalue weighted by Gasteiger charge is -2.36. The zero-order valence-electron chi connectivity index (χ0n) is 12.1. The van der Waals surface area contributed by atoms with Crippen LogP contribution < -0.4 is 5.32 Å². The first-order chi connectivity index (χ1) is 9.39. The second kappa shape index (κ2) is 6.65. The minimum absolute atomic E-state index is 0.144. The summed E-state index contributed by atoms with van der Waals surface area (Å²) in [6.07, 6.45) is 4.11. The predicted molar refractivity (Wildman–Crippen MR) is 85.5 cm³/mol. The third kappa shape index (κ3) is 4.11. The Bertz CT molecular complexity index is 466. The fourth-order valence-electron chi connectivity index (χ4n) is 3.04. The van der Waals surface area contributed by atoms with Crippen LogP contribution in [0.5, 0.6) is 0 Å². The first-order valence-corrected chi connectivity index (χ1v) is 8.06. The van der Waals surface area contributed by atoms with Crippen LogP contribution in [0.2, 0.25) is 10.0 Å². The van der Waals surface area contributed by atoms with Crippen LogP contribution in [0.3, 0.4) is 0 Å². The number of hydrogen-bond acceptors (Lipinski definition) is 2. The van der Waals surface area contributed by atoms with E-state index in [-0.39, 0.29) is 6.04 Å². The van der Waals surface area contributed by atoms with E-state index in [0.717, 1.165) is 24.8 Å². The van der Waals surface area contributed by atoms with Gasteiger partial charge in [-0.05, 0) is 43.4 Å². The Kier molecular flexibility index (Phi) is 5.36. The maximum atomic E-state index is 10.6. The summed E-state index contributed by atoms with van der Waals surface area (Å²) < 4.78 is 0. The maximum Gasteiger partial charge on any atom is 0.0774 e. The Morgan fingerprint density at radius 3 is 2.80 bits per heavy atom. The molecule has 1 aliphatic rings. The molecule has 1 fully saturated rings. The van der Waals surface area contributed by atoms with Gasteiger partial charge < -0.3 is 10.4 Å². The van der Waals surface area contributed by atoms with Crippen molar-refractivity contribution in [2.45, 2.75) is 51.2 Å². The molecule has 0 aromatic heterocycles. The summed E-state index contributed by atoms with van der Waals surface area (Å²) in [5.41, 5.74) is 0.522. The fraction of sp³-hybridized carbons (Fsp3) is 0.625. The van der Waals surface area contributed by atoms with E-state index in [1.807, 2.05) is 18.2 Å². The van der Waals surface area contributed by atoms with E-state index < -0.39 is 5.60 Å². The molecule has 0 aliphatic heterocycles. The topological polar surface area (TPSA) is 32.3 Å². The van der Waals surface area contributed by atoms with Gasteiger partial charge in [0.05, 0.1) is 15.6 Å². The molecule has 0 radical (unpaired) electrons. The van der Waals surface area contributed by atoms with E-state index in [9.17, 15) is 5.11 Å². The Hall–Kier alpha value is -0.280. The zero-order chi connectivity index (χ0) is 14.8. The summed E-state index contributed by atoms with van der Waals surface area (Å²) >= 11 is 12.0. The maximum absolute atomic E-state index is 10.6. The summed E-state index contributed by atoms with van der Waals surface area (Å²) in [7, 11) is 0. The molecule has 0 saturated heterocycles. The Balaban J connectivity index is 1.94. The van der Waals surface area contributed by atoms with Gasteiger partial charge in [-0.2, -0.15) is 0 Å². The van der Waals surface area contributed by atoms with Crippen molar-refractivity contribution >= 4 is 23.2 Å². The first-order valence-electron chi connectivity index (χ1n) is 7.30. The van der Waals surface area contributed by atoms with Gasteiger partial charge in [0, 0.05) is 12.6 Å². The smallest absolute Gasteiger partial charge is 0.0774 e. The standard InChI is InChI=1S/C16H23Cl2NO/c1-11-4-3-7-16(20,9-11)10-19-12(2)13-5-6-14(17)15(18)8-13/h5-6,8,11-12,19-20H,3-4,7,9-10H2,1-2H3. The number of halogens is 2. The van der Waals surface area contributed by atoms with E-state index in [1.165, 1.54) is 6.42 Å². The van der Waals surface area contributed by atoms with E-state index in [0.29, 0.717) is 22.5 Å². The third-order valence-electron chi connectivity index (χ3n) is 4.25. The average molecular weight is 316 g/mol. The molecule has 0 heterocycles. The molecule has 2 nitrogen and oxygen atoms in total. The highest BCUT2D eigenvalue weighted by Gasteiger charge is 2.32. The third-order valence-corrected chi connectivity index (χ3v) is 4.99. The molecule has 0 bridgehead atoms. The normalized spacial score (nSPS) is 28.4. The van der Waals surface area contributed by atoms with Crippen LogP contribution in [-0.2, 0) is 0 Å². The zero-order valence-corrected chi connectivity index (χ0v) is 13.6. The van der Waals surface area contributed by atoms with Crippen LogP contribution >= 0.6 is 23.2 Å². The molecule has 112 valence electrons. The lowest BCUT2D eigenvalue weighted by atomic mass is 9.79. The molecular formula is C16H23Cl2NO. The summed E-state index contributed by atoms with van der Waals surface area (Å²) in [6, 6.07) is 5.81. The molecule has 20 heavy (non-hydrogen) atoms. The second-order valence-corrected chi connectivity index (χ2v) is 7.02. The van der Waals surface area contributed by atoms with Gasteiger partial charge in [-0.3, -0.25) is 0 Å². The van der Waals surface area contributed by atoms with Gasteiger partial charge in [0.25, 0.3) is 0 Å². The van der Waals surface area contributed by atoms with Gasteiger partial charge in [-0.15, -0.1) is 0 Å². The summed E-state index contributed by atoms with van der Waals surface area (Å²) in [4.78, 5) is 0. The van der Waals surface area contributed by atoms with Crippen LogP contribution in [0, 0.1) is 5.92 Å². The van der Waals surface area contributed by atoms with Crippen LogP contribution in [-0.4, -0.2) is 17.3 Å². The largest absolute Gasteiger partial charge is 0.389 e. The SMILES string of the molecule is CC1CCCC(O)(CNC(C)c2ccc(Cl)c(Cl)c2)C1. The van der Waals surface area contributed by atoms with Crippen molar-refractivity contribution in [3.8, 4) is 0 Å². The van der Waals surface area contributed by atoms with Crippen molar-refractivity contribution in [1.82, 2.24) is 5.32 Å². The molecule has 0 amide bonds. The van der Waals surface area contributed by atoms with Crippen LogP contribution in [0.1, 0.15) is 51.1 Å². The van der Waals surface area contributed by atoms with E-state index in [2.05, 4.69) is 19.2 Å². The molecular weight excluding hydrogens is 293 g/mol. The molecule has 3 atom stereocenters. The number of nitrogens with one attached hydrogen (secondary N) is 1. The fourth-order valence-corrected chi connectivity index (χ4v) is 3.34. The molecule has 1 saturated carbocycles. The molecule has 2 N–H and O–H groups in total. The highest BCUT2D eigenvalue weighted by molar-refractivity contribution is 6.42. The lowest BCUT2D eigenvalue weighted by Crippen LogP contribution is -2.44. The second-order valence-electron chi connectivity index (χ2n) is 6.20. The summed E-state index contributed by atoms with van der Waals surface area (Å²) in [6.45, 7) is 4.92. The Morgan fingerprint density at radius 1 is 1.40 bits per heavy atom. The van der Waals surface area contributed by atoms with Crippen molar-refractivity contribution in [2.24, 2.45) is 5.92 Å². The molecule has 1 aliphatic carbocycles. The quantitative estimate of drug-likeness (QED) is 0.852. The van der Waals surface area contributed by atoms with Crippen molar-refractivity contribution in [3.63, 3.8) is 0 Å². The molecule has 0 spiro atoms. The highest BCUT2D eigenvalue weighted by Crippen LogP contribution is 2.32. The monoisotopic (exact) mass is 315 g/mol. The van der Waals surface area contributed by atoms with Gasteiger partial charge in [0.15, 0.2) is 0 Å². The van der Waals surface area contributed by atoms with Crippen LogP contribution in [0.25, 0.3) is 0 Å². The first kappa shape index (κ1) is 16.1. The number of benzene rings is 1. The molecule has 3 unspecified atom stereocenters. The molecule has 1 aromatic carbocycles. The number of aliphatic hydroxyl groups is 1. The average Bonchev–Trinajstić information content (AvgIpc) is 2.39. The van der Waals surface area contributed by atoms with Crippen molar-refractivity contribution in [1.29, 1.82) is 0 Å². The van der Waals surface area contributed by atoms with Crippen molar-refractivity contribution in [2.75, 3.05) is 6.54 Å². The predicted octanol–water partition coefficient (Wildman–Crippen LogP) is 4.59. The highest BCUT2D eigenvalue weighted by atomic mass is 35.5. The summed E-state index contributed by atoms with van der Waals surface area (Å²) in [5, 5.41) is 15.2. The lowest BCUT2D eigenvalue weighted by molar-refractivity contribution is -0.0134. The Labute approximate surface area is 131 Å². The van der Waals surface area contributed by atoms with Crippen molar-refractivity contribution in [3.05, 3.63) is 33.8 Å². The minimum atomic E-state index is -0.567. The van der Waals surface area contributed by atoms with Crippen LogP contribution in [0.15, 0.2) is 18.2 Å². The van der Waals surface area contributed by atoms with Gasteiger partial charge in [0.2, 0.25) is 0 Å².